The quantitative estimate of drug-likeness (QED) is 0.568. The molecule has 27 heavy (non-hydrogen) atoms. The van der Waals surface area contributed by atoms with Crippen LogP contribution in [-0.2, 0) is 22.4 Å². The summed E-state index contributed by atoms with van der Waals surface area (Å²) in [6.45, 7) is 2.12. The molecule has 0 radical (unpaired) electrons. The Morgan fingerprint density at radius 3 is 2.59 bits per heavy atom. The van der Waals surface area contributed by atoms with Crippen molar-refractivity contribution in [1.29, 1.82) is 0 Å². The molecule has 1 amide bonds. The second-order valence-corrected chi connectivity index (χ2v) is 7.68. The third-order valence-electron chi connectivity index (χ3n) is 4.61. The molecule has 1 aromatic heterocycles. The molecule has 0 saturated heterocycles. The normalized spacial score (nSPS) is 14.3. The van der Waals surface area contributed by atoms with Crippen LogP contribution >= 0.6 is 11.3 Å². The first kappa shape index (κ1) is 19.4. The number of hydrogen-bond donors (Lipinski definition) is 1. The highest BCUT2D eigenvalue weighted by atomic mass is 32.1. The van der Waals surface area contributed by atoms with Crippen molar-refractivity contribution < 1.29 is 14.3 Å². The number of ether oxygens (including phenoxy) is 1. The van der Waals surface area contributed by atoms with Gasteiger partial charge in [0.15, 0.2) is 0 Å². The van der Waals surface area contributed by atoms with Crippen LogP contribution in [0.15, 0.2) is 36.4 Å². The Labute approximate surface area is 164 Å². The second kappa shape index (κ2) is 9.51. The molecule has 1 aliphatic rings. The molecule has 2 aromatic rings. The second-order valence-electron chi connectivity index (χ2n) is 6.58. The lowest BCUT2D eigenvalue weighted by Crippen LogP contribution is -2.13. The molecular weight excluding hydrogens is 358 g/mol. The number of rotatable bonds is 5. The van der Waals surface area contributed by atoms with Crippen LogP contribution in [-0.4, -0.2) is 18.5 Å². The Hall–Kier alpha value is -2.40. The van der Waals surface area contributed by atoms with Crippen LogP contribution in [0, 0.1) is 0 Å². The fourth-order valence-corrected chi connectivity index (χ4v) is 4.60. The Balaban J connectivity index is 1.84. The van der Waals surface area contributed by atoms with Gasteiger partial charge in [-0.3, -0.25) is 4.79 Å². The molecule has 0 spiro atoms. The number of hydrogen-bond acceptors (Lipinski definition) is 4. The van der Waals surface area contributed by atoms with E-state index in [1.165, 1.54) is 35.1 Å². The van der Waals surface area contributed by atoms with E-state index in [0.717, 1.165) is 36.8 Å². The van der Waals surface area contributed by atoms with E-state index in [-0.39, 0.29) is 11.9 Å². The van der Waals surface area contributed by atoms with Crippen molar-refractivity contribution in [1.82, 2.24) is 0 Å². The topological polar surface area (TPSA) is 55.4 Å². The summed E-state index contributed by atoms with van der Waals surface area (Å²) >= 11 is 1.52. The Kier molecular flexibility index (Phi) is 6.82. The zero-order valence-corrected chi connectivity index (χ0v) is 16.4. The predicted octanol–water partition coefficient (Wildman–Crippen LogP) is 5.24. The summed E-state index contributed by atoms with van der Waals surface area (Å²) in [6, 6.07) is 9.66. The zero-order chi connectivity index (χ0) is 19.1. The first-order chi connectivity index (χ1) is 13.2. The van der Waals surface area contributed by atoms with E-state index in [4.69, 9.17) is 4.74 Å². The maximum atomic E-state index is 12.6. The van der Waals surface area contributed by atoms with E-state index in [1.54, 1.807) is 13.0 Å². The van der Waals surface area contributed by atoms with E-state index in [9.17, 15) is 9.59 Å². The van der Waals surface area contributed by atoms with E-state index in [1.807, 2.05) is 30.3 Å². The molecule has 142 valence electrons. The molecule has 1 N–H and O–H groups in total. The van der Waals surface area contributed by atoms with Crippen molar-refractivity contribution >= 4 is 34.3 Å². The Morgan fingerprint density at radius 2 is 1.85 bits per heavy atom. The van der Waals surface area contributed by atoms with Gasteiger partial charge in [-0.1, -0.05) is 43.2 Å². The lowest BCUT2D eigenvalue weighted by atomic mass is 9.96. The summed E-state index contributed by atoms with van der Waals surface area (Å²) in [6.07, 6.45) is 9.68. The molecule has 0 saturated carbocycles. The smallest absolute Gasteiger partial charge is 0.341 e. The first-order valence-electron chi connectivity index (χ1n) is 9.54. The summed E-state index contributed by atoms with van der Waals surface area (Å²) < 4.78 is 5.27. The molecule has 1 heterocycles. The maximum absolute atomic E-state index is 12.6. The molecule has 1 aliphatic carbocycles. The van der Waals surface area contributed by atoms with Crippen LogP contribution in [0.1, 0.15) is 59.0 Å². The molecule has 0 aliphatic heterocycles. The average Bonchev–Trinajstić information content (AvgIpc) is 2.97. The Bertz CT molecular complexity index is 824. The average molecular weight is 384 g/mol. The number of amides is 1. The largest absolute Gasteiger partial charge is 0.462 e. The predicted molar refractivity (Wildman–Crippen MR) is 110 cm³/mol. The highest BCUT2D eigenvalue weighted by molar-refractivity contribution is 7.17. The van der Waals surface area contributed by atoms with Gasteiger partial charge in [-0.05, 0) is 49.8 Å². The van der Waals surface area contributed by atoms with Crippen molar-refractivity contribution in [2.24, 2.45) is 0 Å². The van der Waals surface area contributed by atoms with Gasteiger partial charge in [0.25, 0.3) is 0 Å². The van der Waals surface area contributed by atoms with Crippen LogP contribution in [0.4, 0.5) is 5.00 Å². The van der Waals surface area contributed by atoms with Gasteiger partial charge < -0.3 is 10.1 Å². The van der Waals surface area contributed by atoms with Gasteiger partial charge in [0.05, 0.1) is 12.2 Å². The number of benzene rings is 1. The van der Waals surface area contributed by atoms with Crippen LogP contribution < -0.4 is 5.32 Å². The van der Waals surface area contributed by atoms with Crippen molar-refractivity contribution in [3.8, 4) is 0 Å². The monoisotopic (exact) mass is 383 g/mol. The zero-order valence-electron chi connectivity index (χ0n) is 15.6. The van der Waals surface area contributed by atoms with E-state index < -0.39 is 0 Å². The van der Waals surface area contributed by atoms with Gasteiger partial charge in [0.2, 0.25) is 5.91 Å². The molecule has 5 heteroatoms. The number of carbonyl (C=O) groups is 2. The minimum Gasteiger partial charge on any atom is -0.462 e. The van der Waals surface area contributed by atoms with Gasteiger partial charge in [0, 0.05) is 11.0 Å². The lowest BCUT2D eigenvalue weighted by molar-refractivity contribution is -0.111. The third kappa shape index (κ3) is 5.07. The number of fused-ring (bicyclic) bond motifs is 1. The number of aryl methyl sites for hydroxylation is 1. The molecule has 0 bridgehead atoms. The number of nitrogens with one attached hydrogen (secondary N) is 1. The summed E-state index contributed by atoms with van der Waals surface area (Å²) in [5.74, 6) is -0.573. The number of thiophene rings is 1. The van der Waals surface area contributed by atoms with E-state index in [2.05, 4.69) is 5.32 Å². The summed E-state index contributed by atoms with van der Waals surface area (Å²) in [7, 11) is 0. The molecular formula is C22H25NO3S. The highest BCUT2D eigenvalue weighted by Crippen LogP contribution is 2.37. The van der Waals surface area contributed by atoms with Crippen LogP contribution in [0.3, 0.4) is 0 Å². The Morgan fingerprint density at radius 1 is 1.11 bits per heavy atom. The molecule has 1 aromatic carbocycles. The minimum absolute atomic E-state index is 0.237. The minimum atomic E-state index is -0.335. The summed E-state index contributed by atoms with van der Waals surface area (Å²) in [5.41, 5.74) is 2.58. The standard InChI is InChI=1S/C22H25NO3S/c1-2-26-22(25)20-17-12-8-3-4-9-13-18(17)27-21(20)23-19(24)15-14-16-10-6-5-7-11-16/h5-7,10-11,14-15H,2-4,8-9,12-13H2,1H3,(H,23,24)/b15-14-. The fourth-order valence-electron chi connectivity index (χ4n) is 3.32. The molecule has 0 unspecified atom stereocenters. The van der Waals surface area contributed by atoms with Crippen LogP contribution in [0.2, 0.25) is 0 Å². The van der Waals surface area contributed by atoms with Gasteiger partial charge in [-0.15, -0.1) is 11.3 Å². The van der Waals surface area contributed by atoms with Crippen LogP contribution in [0.5, 0.6) is 0 Å². The third-order valence-corrected chi connectivity index (χ3v) is 5.82. The van der Waals surface area contributed by atoms with Crippen molar-refractivity contribution in [3.63, 3.8) is 0 Å². The van der Waals surface area contributed by atoms with Crippen molar-refractivity contribution in [2.45, 2.75) is 45.4 Å². The van der Waals surface area contributed by atoms with E-state index in [0.29, 0.717) is 17.2 Å². The van der Waals surface area contributed by atoms with Crippen LogP contribution in [0.25, 0.3) is 6.08 Å². The van der Waals surface area contributed by atoms with Gasteiger partial charge in [0.1, 0.15) is 5.00 Å². The summed E-state index contributed by atoms with van der Waals surface area (Å²) in [5, 5.41) is 3.52. The SMILES string of the molecule is CCOC(=O)c1c(NC(=O)/C=C\c2ccccc2)sc2c1CCCCCC2. The highest BCUT2D eigenvalue weighted by Gasteiger charge is 2.25. The molecule has 3 rings (SSSR count). The fraction of sp³-hybridized carbons (Fsp3) is 0.364. The number of anilines is 1. The number of esters is 1. The van der Waals surface area contributed by atoms with Crippen molar-refractivity contribution in [2.75, 3.05) is 11.9 Å². The lowest BCUT2D eigenvalue weighted by Gasteiger charge is -2.11. The maximum Gasteiger partial charge on any atom is 0.341 e. The number of carbonyl (C=O) groups excluding carboxylic acids is 2. The van der Waals surface area contributed by atoms with Crippen molar-refractivity contribution in [3.05, 3.63) is 58.0 Å². The molecule has 0 atom stereocenters. The van der Waals surface area contributed by atoms with Gasteiger partial charge in [-0.25, -0.2) is 4.79 Å². The van der Waals surface area contributed by atoms with Gasteiger partial charge >= 0.3 is 5.97 Å². The van der Waals surface area contributed by atoms with E-state index >= 15 is 0 Å². The van der Waals surface area contributed by atoms with Gasteiger partial charge in [-0.2, -0.15) is 0 Å². The molecule has 4 nitrogen and oxygen atoms in total. The molecule has 0 fully saturated rings. The first-order valence-corrected chi connectivity index (χ1v) is 10.4. The summed E-state index contributed by atoms with van der Waals surface area (Å²) in [4.78, 5) is 26.2.